The molecule has 8 heteroatoms. The Balaban J connectivity index is 2.09. The summed E-state index contributed by atoms with van der Waals surface area (Å²) in [5, 5.41) is 11.3. The summed E-state index contributed by atoms with van der Waals surface area (Å²) < 4.78 is 40.1. The summed E-state index contributed by atoms with van der Waals surface area (Å²) >= 11 is 1.33. The predicted octanol–water partition coefficient (Wildman–Crippen LogP) is 2.37. The summed E-state index contributed by atoms with van der Waals surface area (Å²) in [6, 6.07) is 4.82. The highest BCUT2D eigenvalue weighted by molar-refractivity contribution is 7.99. The maximum atomic E-state index is 12.1. The first-order valence-electron chi connectivity index (χ1n) is 5.31. The number of ether oxygens (including phenoxy) is 1. The van der Waals surface area contributed by atoms with Crippen LogP contribution in [-0.4, -0.2) is 29.2 Å². The van der Waals surface area contributed by atoms with E-state index in [1.165, 1.54) is 30.0 Å². The number of carboxylic acids is 1. The van der Waals surface area contributed by atoms with Crippen molar-refractivity contribution >= 4 is 17.7 Å². The van der Waals surface area contributed by atoms with Gasteiger partial charge in [-0.05, 0) is 17.7 Å². The van der Waals surface area contributed by atoms with Crippen LogP contribution in [0.25, 0.3) is 0 Å². The average Bonchev–Trinajstić information content (AvgIpc) is 2.76. The van der Waals surface area contributed by atoms with Gasteiger partial charge in [-0.2, -0.15) is 0 Å². The van der Waals surface area contributed by atoms with E-state index in [2.05, 4.69) is 10.1 Å². The molecule has 1 aromatic rings. The highest BCUT2D eigenvalue weighted by atomic mass is 32.2. The Kier molecular flexibility index (Phi) is 3.91. The average molecular weight is 293 g/mol. The number of benzene rings is 1. The molecule has 104 valence electrons. The van der Waals surface area contributed by atoms with E-state index in [9.17, 15) is 18.0 Å². The van der Waals surface area contributed by atoms with Gasteiger partial charge in [0, 0.05) is 5.75 Å². The van der Waals surface area contributed by atoms with Gasteiger partial charge in [-0.3, -0.25) is 10.1 Å². The zero-order valence-electron chi connectivity index (χ0n) is 9.48. The topological polar surface area (TPSA) is 58.6 Å². The standard InChI is InChI=1S/C11H10F3NO3S/c12-11(13,14)18-7-3-1-2-6(4-7)9-15-8(5-19-9)10(16)17/h1-4,8-9,15H,5H2,(H,16,17)/t8-,9?/m1/s1. The second-order valence-electron chi connectivity index (χ2n) is 3.89. The van der Waals surface area contributed by atoms with Crippen molar-refractivity contribution in [1.82, 2.24) is 5.32 Å². The van der Waals surface area contributed by atoms with Crippen LogP contribution in [-0.2, 0) is 4.79 Å². The smallest absolute Gasteiger partial charge is 0.480 e. The minimum atomic E-state index is -4.74. The number of alkyl halides is 3. The van der Waals surface area contributed by atoms with Gasteiger partial charge < -0.3 is 9.84 Å². The van der Waals surface area contributed by atoms with Crippen LogP contribution in [0.3, 0.4) is 0 Å². The van der Waals surface area contributed by atoms with E-state index in [-0.39, 0.29) is 11.1 Å². The van der Waals surface area contributed by atoms with E-state index in [1.54, 1.807) is 6.07 Å². The molecule has 0 spiro atoms. The molecule has 0 amide bonds. The molecule has 1 saturated heterocycles. The van der Waals surface area contributed by atoms with Gasteiger partial charge in [0.15, 0.2) is 0 Å². The quantitative estimate of drug-likeness (QED) is 0.896. The van der Waals surface area contributed by atoms with Crippen LogP contribution in [0, 0.1) is 0 Å². The molecule has 0 radical (unpaired) electrons. The van der Waals surface area contributed by atoms with Gasteiger partial charge in [-0.1, -0.05) is 12.1 Å². The van der Waals surface area contributed by atoms with Crippen molar-refractivity contribution in [2.24, 2.45) is 0 Å². The van der Waals surface area contributed by atoms with Gasteiger partial charge in [0.25, 0.3) is 0 Å². The lowest BCUT2D eigenvalue weighted by Crippen LogP contribution is -2.33. The maximum absolute atomic E-state index is 12.1. The molecule has 0 bridgehead atoms. The number of carbonyl (C=O) groups is 1. The van der Waals surface area contributed by atoms with E-state index in [1.807, 2.05) is 0 Å². The number of hydrogen-bond acceptors (Lipinski definition) is 4. The van der Waals surface area contributed by atoms with Crippen molar-refractivity contribution in [2.75, 3.05) is 5.75 Å². The first-order chi connectivity index (χ1) is 8.85. The van der Waals surface area contributed by atoms with Crippen molar-refractivity contribution in [3.8, 4) is 5.75 Å². The van der Waals surface area contributed by atoms with Gasteiger partial charge in [0.2, 0.25) is 0 Å². The molecule has 2 rings (SSSR count). The number of carboxylic acid groups (broad SMARTS) is 1. The van der Waals surface area contributed by atoms with Gasteiger partial charge in [-0.25, -0.2) is 0 Å². The SMILES string of the molecule is O=C(O)[C@H]1CSC(c2cccc(OC(F)(F)F)c2)N1. The number of halogens is 3. The van der Waals surface area contributed by atoms with E-state index < -0.39 is 18.4 Å². The molecule has 2 atom stereocenters. The molecule has 1 aromatic carbocycles. The fraction of sp³-hybridized carbons (Fsp3) is 0.364. The molecule has 1 unspecified atom stereocenters. The maximum Gasteiger partial charge on any atom is 0.573 e. The van der Waals surface area contributed by atoms with Gasteiger partial charge in [-0.15, -0.1) is 24.9 Å². The molecule has 0 aromatic heterocycles. The molecule has 1 aliphatic rings. The van der Waals surface area contributed by atoms with E-state index in [4.69, 9.17) is 5.11 Å². The van der Waals surface area contributed by atoms with Crippen LogP contribution < -0.4 is 10.1 Å². The molecule has 19 heavy (non-hydrogen) atoms. The Morgan fingerprint density at radius 3 is 2.79 bits per heavy atom. The van der Waals surface area contributed by atoms with Crippen molar-refractivity contribution in [1.29, 1.82) is 0 Å². The molecular weight excluding hydrogens is 283 g/mol. The lowest BCUT2D eigenvalue weighted by Gasteiger charge is -2.14. The first-order valence-corrected chi connectivity index (χ1v) is 6.36. The summed E-state index contributed by atoms with van der Waals surface area (Å²) in [6.45, 7) is 0. The molecule has 0 saturated carbocycles. The van der Waals surface area contributed by atoms with E-state index in [0.29, 0.717) is 11.3 Å². The zero-order valence-corrected chi connectivity index (χ0v) is 10.3. The fourth-order valence-electron chi connectivity index (χ4n) is 1.68. The molecule has 0 aliphatic carbocycles. The number of aliphatic carboxylic acids is 1. The third-order valence-electron chi connectivity index (χ3n) is 2.47. The predicted molar refractivity (Wildman–Crippen MR) is 62.9 cm³/mol. The molecule has 1 fully saturated rings. The highest BCUT2D eigenvalue weighted by Crippen LogP contribution is 2.35. The summed E-state index contributed by atoms with van der Waals surface area (Å²) in [6.07, 6.45) is -4.74. The Labute approximate surface area is 110 Å². The minimum Gasteiger partial charge on any atom is -0.480 e. The summed E-state index contributed by atoms with van der Waals surface area (Å²) in [7, 11) is 0. The van der Waals surface area contributed by atoms with Crippen LogP contribution >= 0.6 is 11.8 Å². The lowest BCUT2D eigenvalue weighted by atomic mass is 10.2. The third-order valence-corrected chi connectivity index (χ3v) is 3.74. The number of nitrogens with one attached hydrogen (secondary N) is 1. The normalized spacial score (nSPS) is 23.3. The second kappa shape index (κ2) is 5.30. The van der Waals surface area contributed by atoms with E-state index >= 15 is 0 Å². The molecule has 4 nitrogen and oxygen atoms in total. The third kappa shape index (κ3) is 3.77. The van der Waals surface area contributed by atoms with Crippen LogP contribution in [0.1, 0.15) is 10.9 Å². The summed E-state index contributed by atoms with van der Waals surface area (Å²) in [5.74, 6) is -0.923. The first kappa shape index (κ1) is 14.0. The zero-order chi connectivity index (χ0) is 14.0. The number of hydrogen-bond donors (Lipinski definition) is 2. The van der Waals surface area contributed by atoms with Gasteiger partial charge >= 0.3 is 12.3 Å². The Morgan fingerprint density at radius 1 is 1.47 bits per heavy atom. The molecule has 1 aliphatic heterocycles. The van der Waals surface area contributed by atoms with Gasteiger partial charge in [0.05, 0.1) is 5.37 Å². The Morgan fingerprint density at radius 2 is 2.21 bits per heavy atom. The monoisotopic (exact) mass is 293 g/mol. The summed E-state index contributed by atoms with van der Waals surface area (Å²) in [5.41, 5.74) is 0.551. The molecular formula is C11H10F3NO3S. The molecule has 2 N–H and O–H groups in total. The summed E-state index contributed by atoms with van der Waals surface area (Å²) in [4.78, 5) is 10.8. The Hall–Kier alpha value is -1.41. The van der Waals surface area contributed by atoms with Crippen molar-refractivity contribution < 1.29 is 27.8 Å². The minimum absolute atomic E-state index is 0.314. The highest BCUT2D eigenvalue weighted by Gasteiger charge is 2.33. The van der Waals surface area contributed by atoms with Gasteiger partial charge in [0.1, 0.15) is 11.8 Å². The van der Waals surface area contributed by atoms with Crippen molar-refractivity contribution in [2.45, 2.75) is 17.8 Å². The Bertz CT molecular complexity index is 480. The number of thioether (sulfide) groups is 1. The fourth-order valence-corrected chi connectivity index (χ4v) is 2.90. The molecule has 1 heterocycles. The number of rotatable bonds is 3. The lowest BCUT2D eigenvalue weighted by molar-refractivity contribution is -0.274. The van der Waals surface area contributed by atoms with Crippen molar-refractivity contribution in [3.05, 3.63) is 29.8 Å². The van der Waals surface area contributed by atoms with Crippen LogP contribution in [0.5, 0.6) is 5.75 Å². The largest absolute Gasteiger partial charge is 0.573 e. The van der Waals surface area contributed by atoms with Crippen LogP contribution in [0.15, 0.2) is 24.3 Å². The van der Waals surface area contributed by atoms with Crippen LogP contribution in [0.4, 0.5) is 13.2 Å². The second-order valence-corrected chi connectivity index (χ2v) is 5.03. The van der Waals surface area contributed by atoms with Crippen molar-refractivity contribution in [3.63, 3.8) is 0 Å². The van der Waals surface area contributed by atoms with Crippen LogP contribution in [0.2, 0.25) is 0 Å². The van der Waals surface area contributed by atoms with E-state index in [0.717, 1.165) is 0 Å².